The van der Waals surface area contributed by atoms with Gasteiger partial charge in [0.05, 0.1) is 5.92 Å². The Kier molecular flexibility index (Phi) is 4.49. The lowest BCUT2D eigenvalue weighted by molar-refractivity contribution is -0.144. The first-order valence-electron chi connectivity index (χ1n) is 7.62. The van der Waals surface area contributed by atoms with Gasteiger partial charge in [0.2, 0.25) is 0 Å². The number of nitrogens with zero attached hydrogens (tertiary/aromatic N) is 2. The van der Waals surface area contributed by atoms with Crippen molar-refractivity contribution in [2.45, 2.75) is 18.9 Å². The van der Waals surface area contributed by atoms with Gasteiger partial charge in [0.15, 0.2) is 0 Å². The van der Waals surface area contributed by atoms with Crippen molar-refractivity contribution in [3.8, 4) is 0 Å². The van der Waals surface area contributed by atoms with E-state index in [0.717, 1.165) is 18.8 Å². The van der Waals surface area contributed by atoms with E-state index in [1.165, 1.54) is 5.56 Å². The van der Waals surface area contributed by atoms with E-state index in [1.54, 1.807) is 6.20 Å². The predicted octanol–water partition coefficient (Wildman–Crippen LogP) is 2.77. The summed E-state index contributed by atoms with van der Waals surface area (Å²) < 4.78 is 0. The standard InChI is InChI=1S/C18H20N2O2/c21-18(22)16-10-15(17-8-4-5-9-19-17)12-20(13-16)11-14-6-2-1-3-7-14/h1-9,15-16H,10-13H2,(H,21,22). The largest absolute Gasteiger partial charge is 0.481 e. The zero-order chi connectivity index (χ0) is 15.4. The van der Waals surface area contributed by atoms with Crippen LogP contribution in [0, 0.1) is 5.92 Å². The molecule has 3 rings (SSSR count). The first-order valence-corrected chi connectivity index (χ1v) is 7.62. The molecule has 1 aliphatic rings. The van der Waals surface area contributed by atoms with Crippen LogP contribution in [0.4, 0.5) is 0 Å². The van der Waals surface area contributed by atoms with Crippen LogP contribution in [0.25, 0.3) is 0 Å². The minimum Gasteiger partial charge on any atom is -0.481 e. The summed E-state index contributed by atoms with van der Waals surface area (Å²) in [4.78, 5) is 18.1. The molecule has 0 aliphatic carbocycles. The lowest BCUT2D eigenvalue weighted by Crippen LogP contribution is -2.42. The van der Waals surface area contributed by atoms with E-state index in [2.05, 4.69) is 22.0 Å². The Morgan fingerprint density at radius 3 is 2.59 bits per heavy atom. The van der Waals surface area contributed by atoms with Crippen molar-refractivity contribution < 1.29 is 9.90 Å². The number of aliphatic carboxylic acids is 1. The molecular weight excluding hydrogens is 276 g/mol. The molecular formula is C18H20N2O2. The second kappa shape index (κ2) is 6.71. The van der Waals surface area contributed by atoms with Gasteiger partial charge in [0, 0.05) is 37.4 Å². The van der Waals surface area contributed by atoms with Gasteiger partial charge in [-0.2, -0.15) is 0 Å². The number of pyridine rings is 1. The highest BCUT2D eigenvalue weighted by molar-refractivity contribution is 5.70. The van der Waals surface area contributed by atoms with Gasteiger partial charge in [-0.15, -0.1) is 0 Å². The average Bonchev–Trinajstić information content (AvgIpc) is 2.56. The number of carbonyl (C=O) groups is 1. The molecule has 1 aromatic carbocycles. The SMILES string of the molecule is O=C(O)C1CC(c2ccccn2)CN(Cc2ccccc2)C1. The molecule has 1 aliphatic heterocycles. The van der Waals surface area contributed by atoms with Crippen LogP contribution >= 0.6 is 0 Å². The van der Waals surface area contributed by atoms with Crippen molar-refractivity contribution in [1.82, 2.24) is 9.88 Å². The summed E-state index contributed by atoms with van der Waals surface area (Å²) in [6, 6.07) is 16.1. The zero-order valence-corrected chi connectivity index (χ0v) is 12.4. The highest BCUT2D eigenvalue weighted by Crippen LogP contribution is 2.30. The molecule has 4 nitrogen and oxygen atoms in total. The van der Waals surface area contributed by atoms with E-state index in [0.29, 0.717) is 13.0 Å². The Morgan fingerprint density at radius 1 is 1.14 bits per heavy atom. The number of piperidine rings is 1. The summed E-state index contributed by atoms with van der Waals surface area (Å²) in [6.07, 6.45) is 2.44. The quantitative estimate of drug-likeness (QED) is 0.942. The summed E-state index contributed by atoms with van der Waals surface area (Å²) >= 11 is 0. The van der Waals surface area contributed by atoms with Gasteiger partial charge < -0.3 is 5.11 Å². The first kappa shape index (κ1) is 14.7. The van der Waals surface area contributed by atoms with Crippen LogP contribution in [-0.2, 0) is 11.3 Å². The maximum atomic E-state index is 11.5. The summed E-state index contributed by atoms with van der Waals surface area (Å²) in [5.41, 5.74) is 2.21. The molecule has 114 valence electrons. The molecule has 0 bridgehead atoms. The number of hydrogen-bond acceptors (Lipinski definition) is 3. The van der Waals surface area contributed by atoms with Gasteiger partial charge in [0.1, 0.15) is 0 Å². The van der Waals surface area contributed by atoms with Crippen LogP contribution in [0.5, 0.6) is 0 Å². The van der Waals surface area contributed by atoms with Crippen LogP contribution in [-0.4, -0.2) is 34.0 Å². The van der Waals surface area contributed by atoms with E-state index in [4.69, 9.17) is 0 Å². The predicted molar refractivity (Wildman–Crippen MR) is 84.4 cm³/mol. The number of rotatable bonds is 4. The fourth-order valence-electron chi connectivity index (χ4n) is 3.17. The smallest absolute Gasteiger partial charge is 0.307 e. The normalized spacial score (nSPS) is 22.4. The molecule has 0 saturated carbocycles. The van der Waals surface area contributed by atoms with Gasteiger partial charge in [-0.05, 0) is 24.1 Å². The molecule has 1 N–H and O–H groups in total. The van der Waals surface area contributed by atoms with Crippen molar-refractivity contribution in [3.05, 3.63) is 66.0 Å². The molecule has 1 saturated heterocycles. The average molecular weight is 296 g/mol. The van der Waals surface area contributed by atoms with E-state index in [-0.39, 0.29) is 11.8 Å². The van der Waals surface area contributed by atoms with Gasteiger partial charge in [-0.1, -0.05) is 36.4 Å². The maximum Gasteiger partial charge on any atom is 0.307 e. The summed E-state index contributed by atoms with van der Waals surface area (Å²) in [5, 5.41) is 9.44. The Bertz CT molecular complexity index is 615. The molecule has 0 radical (unpaired) electrons. The van der Waals surface area contributed by atoms with E-state index in [1.807, 2.05) is 36.4 Å². The molecule has 2 aromatic rings. The number of aromatic nitrogens is 1. The lowest BCUT2D eigenvalue weighted by Gasteiger charge is -2.36. The second-order valence-electron chi connectivity index (χ2n) is 5.90. The highest BCUT2D eigenvalue weighted by atomic mass is 16.4. The molecule has 1 aromatic heterocycles. The molecule has 2 heterocycles. The molecule has 2 atom stereocenters. The third-order valence-electron chi connectivity index (χ3n) is 4.23. The van der Waals surface area contributed by atoms with Crippen molar-refractivity contribution in [2.24, 2.45) is 5.92 Å². The molecule has 2 unspecified atom stereocenters. The molecule has 0 spiro atoms. The molecule has 1 fully saturated rings. The van der Waals surface area contributed by atoms with Crippen molar-refractivity contribution in [1.29, 1.82) is 0 Å². The monoisotopic (exact) mass is 296 g/mol. The number of hydrogen-bond donors (Lipinski definition) is 1. The molecule has 22 heavy (non-hydrogen) atoms. The van der Waals surface area contributed by atoms with Gasteiger partial charge in [-0.3, -0.25) is 14.7 Å². The summed E-state index contributed by atoms with van der Waals surface area (Å²) in [6.45, 7) is 2.25. The number of carboxylic acids is 1. The number of benzene rings is 1. The van der Waals surface area contributed by atoms with E-state index in [9.17, 15) is 9.90 Å². The van der Waals surface area contributed by atoms with Crippen molar-refractivity contribution in [2.75, 3.05) is 13.1 Å². The Hall–Kier alpha value is -2.20. The number of carboxylic acid groups (broad SMARTS) is 1. The minimum absolute atomic E-state index is 0.180. The minimum atomic E-state index is -0.710. The van der Waals surface area contributed by atoms with Crippen molar-refractivity contribution in [3.63, 3.8) is 0 Å². The van der Waals surface area contributed by atoms with Crippen LogP contribution in [0.3, 0.4) is 0 Å². The lowest BCUT2D eigenvalue weighted by atomic mass is 9.86. The second-order valence-corrected chi connectivity index (χ2v) is 5.90. The van der Waals surface area contributed by atoms with Crippen LogP contribution < -0.4 is 0 Å². The summed E-state index contributed by atoms with van der Waals surface area (Å²) in [7, 11) is 0. The molecule has 4 heteroatoms. The Labute approximate surface area is 130 Å². The van der Waals surface area contributed by atoms with Crippen LogP contribution in [0.2, 0.25) is 0 Å². The van der Waals surface area contributed by atoms with Gasteiger partial charge in [0.25, 0.3) is 0 Å². The van der Waals surface area contributed by atoms with Crippen LogP contribution in [0.15, 0.2) is 54.7 Å². The van der Waals surface area contributed by atoms with Gasteiger partial charge >= 0.3 is 5.97 Å². The zero-order valence-electron chi connectivity index (χ0n) is 12.4. The number of likely N-dealkylation sites (tertiary alicyclic amines) is 1. The van der Waals surface area contributed by atoms with E-state index < -0.39 is 5.97 Å². The maximum absolute atomic E-state index is 11.5. The first-order chi connectivity index (χ1) is 10.7. The topological polar surface area (TPSA) is 53.4 Å². The molecule has 0 amide bonds. The van der Waals surface area contributed by atoms with Crippen LogP contribution in [0.1, 0.15) is 23.6 Å². The van der Waals surface area contributed by atoms with E-state index >= 15 is 0 Å². The Balaban J connectivity index is 1.77. The van der Waals surface area contributed by atoms with Crippen molar-refractivity contribution >= 4 is 5.97 Å². The fraction of sp³-hybridized carbons (Fsp3) is 0.333. The highest BCUT2D eigenvalue weighted by Gasteiger charge is 2.32. The third kappa shape index (κ3) is 3.52. The summed E-state index contributed by atoms with van der Waals surface area (Å²) in [5.74, 6) is -0.858. The third-order valence-corrected chi connectivity index (χ3v) is 4.23. The Morgan fingerprint density at radius 2 is 1.91 bits per heavy atom. The van der Waals surface area contributed by atoms with Gasteiger partial charge in [-0.25, -0.2) is 0 Å². The fourth-order valence-corrected chi connectivity index (χ4v) is 3.17.